The van der Waals surface area contributed by atoms with E-state index in [1.165, 1.54) is 11.8 Å². The number of benzene rings is 1. The molecule has 2 N–H and O–H groups in total. The molecule has 6 heteroatoms. The highest BCUT2D eigenvalue weighted by Crippen LogP contribution is 2.40. The van der Waals surface area contributed by atoms with Gasteiger partial charge in [-0.1, -0.05) is 18.2 Å². The van der Waals surface area contributed by atoms with Crippen LogP contribution in [0.2, 0.25) is 0 Å². The number of sulfonamides is 1. The van der Waals surface area contributed by atoms with E-state index in [4.69, 9.17) is 4.74 Å². The average molecular weight is 312 g/mol. The Morgan fingerprint density at radius 1 is 1.24 bits per heavy atom. The Morgan fingerprint density at radius 2 is 1.95 bits per heavy atom. The number of hydrogen-bond acceptors (Lipinski definition) is 4. The lowest BCUT2D eigenvalue weighted by atomic mass is 9.75. The maximum atomic E-state index is 10.9. The zero-order chi connectivity index (χ0) is 15.3. The molecule has 0 aromatic heterocycles. The normalized spacial score (nSPS) is 21.8. The van der Waals surface area contributed by atoms with Crippen LogP contribution in [0.25, 0.3) is 0 Å². The van der Waals surface area contributed by atoms with Crippen molar-refractivity contribution in [3.05, 3.63) is 29.8 Å². The molecule has 0 spiro atoms. The van der Waals surface area contributed by atoms with Crippen LogP contribution >= 0.6 is 0 Å². The van der Waals surface area contributed by atoms with Crippen LogP contribution in [0.1, 0.15) is 30.7 Å². The predicted molar refractivity (Wildman–Crippen MR) is 84.2 cm³/mol. The summed E-state index contributed by atoms with van der Waals surface area (Å²) in [5.41, 5.74) is 1.29. The van der Waals surface area contributed by atoms with Gasteiger partial charge in [-0.15, -0.1) is 0 Å². The molecule has 2 rings (SSSR count). The van der Waals surface area contributed by atoms with Crippen molar-refractivity contribution in [1.82, 2.24) is 10.0 Å². The molecule has 118 valence electrons. The van der Waals surface area contributed by atoms with Crippen molar-refractivity contribution >= 4 is 10.0 Å². The van der Waals surface area contributed by atoms with Crippen LogP contribution in [0.15, 0.2) is 24.3 Å². The molecule has 0 saturated heterocycles. The van der Waals surface area contributed by atoms with Crippen LogP contribution < -0.4 is 14.8 Å². The number of rotatable bonds is 8. The van der Waals surface area contributed by atoms with Gasteiger partial charge in [-0.05, 0) is 43.4 Å². The Labute approximate surface area is 127 Å². The smallest absolute Gasteiger partial charge is 0.208 e. The van der Waals surface area contributed by atoms with E-state index < -0.39 is 10.0 Å². The van der Waals surface area contributed by atoms with E-state index >= 15 is 0 Å². The average Bonchev–Trinajstić information content (AvgIpc) is 2.39. The van der Waals surface area contributed by atoms with Crippen LogP contribution in [0, 0.1) is 0 Å². The lowest BCUT2D eigenvalue weighted by Gasteiger charge is -2.37. The minimum Gasteiger partial charge on any atom is -0.496 e. The summed E-state index contributed by atoms with van der Waals surface area (Å²) in [6.45, 7) is 1.33. The number of methoxy groups -OCH3 is 1. The maximum absolute atomic E-state index is 10.9. The van der Waals surface area contributed by atoms with E-state index in [0.29, 0.717) is 18.5 Å². The number of para-hydroxylation sites is 1. The zero-order valence-electron chi connectivity index (χ0n) is 12.6. The van der Waals surface area contributed by atoms with Crippen molar-refractivity contribution in [2.75, 3.05) is 26.5 Å². The van der Waals surface area contributed by atoms with Gasteiger partial charge in [0.2, 0.25) is 10.0 Å². The fourth-order valence-electron chi connectivity index (χ4n) is 2.69. The summed E-state index contributed by atoms with van der Waals surface area (Å²) in [6.07, 6.45) is 4.22. The minimum atomic E-state index is -3.06. The van der Waals surface area contributed by atoms with Gasteiger partial charge in [0.05, 0.1) is 13.4 Å². The topological polar surface area (TPSA) is 67.4 Å². The van der Waals surface area contributed by atoms with Gasteiger partial charge in [0.15, 0.2) is 0 Å². The lowest BCUT2D eigenvalue weighted by molar-refractivity contribution is 0.283. The Kier molecular flexibility index (Phi) is 5.61. The fourth-order valence-corrected chi connectivity index (χ4v) is 3.21. The molecule has 1 aromatic rings. The molecule has 5 nitrogen and oxygen atoms in total. The third kappa shape index (κ3) is 4.98. The molecule has 0 amide bonds. The van der Waals surface area contributed by atoms with Crippen LogP contribution in [-0.2, 0) is 10.0 Å². The van der Waals surface area contributed by atoms with Crippen molar-refractivity contribution in [2.45, 2.75) is 31.2 Å². The molecule has 21 heavy (non-hydrogen) atoms. The second-order valence-corrected chi connectivity index (χ2v) is 7.41. The van der Waals surface area contributed by atoms with E-state index in [-0.39, 0.29) is 0 Å². The monoisotopic (exact) mass is 312 g/mol. The number of nitrogens with one attached hydrogen (secondary N) is 2. The van der Waals surface area contributed by atoms with E-state index in [0.717, 1.165) is 31.6 Å². The van der Waals surface area contributed by atoms with E-state index in [1.807, 2.05) is 12.1 Å². The first kappa shape index (κ1) is 16.3. The van der Waals surface area contributed by atoms with E-state index in [9.17, 15) is 8.42 Å². The molecule has 0 bridgehead atoms. The van der Waals surface area contributed by atoms with E-state index in [1.54, 1.807) is 7.11 Å². The second-order valence-electron chi connectivity index (χ2n) is 5.58. The van der Waals surface area contributed by atoms with Crippen LogP contribution in [0.4, 0.5) is 0 Å². The second kappa shape index (κ2) is 7.24. The molecule has 1 fully saturated rings. The first-order chi connectivity index (χ1) is 9.99. The molecule has 0 unspecified atom stereocenters. The van der Waals surface area contributed by atoms with Gasteiger partial charge >= 0.3 is 0 Å². The first-order valence-corrected chi connectivity index (χ1v) is 9.19. The molecule has 1 saturated carbocycles. The van der Waals surface area contributed by atoms with Gasteiger partial charge in [-0.2, -0.15) is 0 Å². The first-order valence-electron chi connectivity index (χ1n) is 7.30. The van der Waals surface area contributed by atoms with Crippen molar-refractivity contribution in [1.29, 1.82) is 0 Å². The molecule has 1 aliphatic carbocycles. The summed E-state index contributed by atoms with van der Waals surface area (Å²) in [4.78, 5) is 0. The van der Waals surface area contributed by atoms with Gasteiger partial charge in [0.1, 0.15) is 5.75 Å². The summed E-state index contributed by atoms with van der Waals surface area (Å²) >= 11 is 0. The Bertz CT molecular complexity index is 554. The maximum Gasteiger partial charge on any atom is 0.208 e. The van der Waals surface area contributed by atoms with Crippen molar-refractivity contribution in [2.24, 2.45) is 0 Å². The largest absolute Gasteiger partial charge is 0.496 e. The summed E-state index contributed by atoms with van der Waals surface area (Å²) in [5, 5.41) is 3.47. The van der Waals surface area contributed by atoms with Gasteiger partial charge in [0.25, 0.3) is 0 Å². The van der Waals surface area contributed by atoms with Gasteiger partial charge < -0.3 is 10.1 Å². The molecule has 0 aliphatic heterocycles. The van der Waals surface area contributed by atoms with Crippen molar-refractivity contribution in [3.8, 4) is 5.75 Å². The van der Waals surface area contributed by atoms with Crippen LogP contribution in [0.3, 0.4) is 0 Å². The lowest BCUT2D eigenvalue weighted by Crippen LogP contribution is -2.41. The Hall–Kier alpha value is -1.11. The summed E-state index contributed by atoms with van der Waals surface area (Å²) < 4.78 is 29.7. The molecule has 1 aromatic carbocycles. The van der Waals surface area contributed by atoms with Gasteiger partial charge in [0, 0.05) is 12.6 Å². The molecule has 1 aliphatic rings. The highest BCUT2D eigenvalue weighted by molar-refractivity contribution is 7.88. The summed E-state index contributed by atoms with van der Waals surface area (Å²) in [6, 6.07) is 8.71. The SMILES string of the molecule is COc1ccccc1C1CC(NCCCNS(C)(=O)=O)C1. The van der Waals surface area contributed by atoms with E-state index in [2.05, 4.69) is 22.2 Å². The fraction of sp³-hybridized carbons (Fsp3) is 0.600. The third-order valence-corrected chi connectivity index (χ3v) is 4.60. The number of ether oxygens (including phenoxy) is 1. The van der Waals surface area contributed by atoms with Crippen molar-refractivity contribution in [3.63, 3.8) is 0 Å². The minimum absolute atomic E-state index is 0.495. The van der Waals surface area contributed by atoms with Crippen molar-refractivity contribution < 1.29 is 13.2 Å². The van der Waals surface area contributed by atoms with Gasteiger partial charge in [-0.25, -0.2) is 13.1 Å². The highest BCUT2D eigenvalue weighted by Gasteiger charge is 2.31. The molecular weight excluding hydrogens is 288 g/mol. The quantitative estimate of drug-likeness (QED) is 0.713. The predicted octanol–water partition coefficient (Wildman–Crippen LogP) is 1.47. The van der Waals surface area contributed by atoms with Crippen LogP contribution in [0.5, 0.6) is 5.75 Å². The Balaban J connectivity index is 1.65. The summed E-state index contributed by atoms with van der Waals surface area (Å²) in [7, 11) is -1.35. The molecular formula is C15H24N2O3S. The summed E-state index contributed by atoms with van der Waals surface area (Å²) in [5.74, 6) is 1.53. The third-order valence-electron chi connectivity index (χ3n) is 3.87. The standard InChI is InChI=1S/C15H24N2O3S/c1-20-15-7-4-3-6-14(15)12-10-13(11-12)16-8-5-9-17-21(2,18)19/h3-4,6-7,12-13,16-17H,5,8-11H2,1-2H3. The molecule has 0 heterocycles. The number of hydrogen-bond donors (Lipinski definition) is 2. The molecule has 0 radical (unpaired) electrons. The van der Waals surface area contributed by atoms with Crippen LogP contribution in [-0.4, -0.2) is 40.9 Å². The highest BCUT2D eigenvalue weighted by atomic mass is 32.2. The molecule has 0 atom stereocenters. The zero-order valence-corrected chi connectivity index (χ0v) is 13.4. The Morgan fingerprint density at radius 3 is 2.62 bits per heavy atom. The van der Waals surface area contributed by atoms with Gasteiger partial charge in [-0.3, -0.25) is 0 Å².